The zero-order chi connectivity index (χ0) is 14.8. The van der Waals surface area contributed by atoms with Crippen molar-refractivity contribution in [3.8, 4) is 0 Å². The Bertz CT molecular complexity index is 740. The Kier molecular flexibility index (Phi) is 3.84. The minimum absolute atomic E-state index is 0.0161. The van der Waals surface area contributed by atoms with E-state index in [1.165, 1.54) is 24.3 Å². The summed E-state index contributed by atoms with van der Waals surface area (Å²) in [4.78, 5) is 13.9. The fraction of sp³-hybridized carbons (Fsp3) is 0. The first-order valence-electron chi connectivity index (χ1n) is 5.67. The number of sulfonamides is 1. The normalized spacial score (nSPS) is 11.2. The fourth-order valence-electron chi connectivity index (χ4n) is 1.71. The van der Waals surface area contributed by atoms with Gasteiger partial charge in [-0.1, -0.05) is 12.1 Å². The van der Waals surface area contributed by atoms with Crippen molar-refractivity contribution in [1.82, 2.24) is 4.83 Å². The molecule has 0 amide bonds. The van der Waals surface area contributed by atoms with Crippen LogP contribution in [-0.4, -0.2) is 14.2 Å². The molecule has 0 aromatic heterocycles. The van der Waals surface area contributed by atoms with Gasteiger partial charge < -0.3 is 5.73 Å². The maximum absolute atomic E-state index is 12.2. The molecule has 7 heteroatoms. The smallest absolute Gasteiger partial charge is 0.253 e. The highest BCUT2D eigenvalue weighted by molar-refractivity contribution is 7.89. The third kappa shape index (κ3) is 2.69. The Morgan fingerprint density at radius 3 is 2.15 bits per heavy atom. The van der Waals surface area contributed by atoms with E-state index >= 15 is 0 Å². The van der Waals surface area contributed by atoms with Crippen LogP contribution in [0.5, 0.6) is 0 Å². The second-order valence-corrected chi connectivity index (χ2v) is 5.78. The minimum Gasteiger partial charge on any atom is -0.398 e. The van der Waals surface area contributed by atoms with Crippen molar-refractivity contribution in [3.05, 3.63) is 59.7 Å². The predicted octanol–water partition coefficient (Wildman–Crippen LogP) is 0.652. The minimum atomic E-state index is -3.72. The van der Waals surface area contributed by atoms with Crippen molar-refractivity contribution < 1.29 is 13.2 Å². The first-order chi connectivity index (χ1) is 9.45. The number of hydrogen-bond acceptors (Lipinski definition) is 5. The fourth-order valence-corrected chi connectivity index (χ4v) is 2.34. The van der Waals surface area contributed by atoms with Crippen LogP contribution in [0.1, 0.15) is 15.9 Å². The molecule has 0 bridgehead atoms. The Morgan fingerprint density at radius 1 is 1.00 bits per heavy atom. The lowest BCUT2D eigenvalue weighted by Gasteiger charge is -2.06. The third-order valence-corrected chi connectivity index (χ3v) is 3.99. The maximum Gasteiger partial charge on any atom is 0.253 e. The number of nitrogen functional groups attached to an aromatic ring is 1. The van der Waals surface area contributed by atoms with Crippen LogP contribution in [-0.2, 0) is 10.0 Å². The first kappa shape index (κ1) is 14.2. The van der Waals surface area contributed by atoms with Crippen LogP contribution >= 0.6 is 0 Å². The average Bonchev–Trinajstić information content (AvgIpc) is 2.47. The van der Waals surface area contributed by atoms with Gasteiger partial charge in [0.1, 0.15) is 0 Å². The highest BCUT2D eigenvalue weighted by Crippen LogP contribution is 2.17. The van der Waals surface area contributed by atoms with Gasteiger partial charge >= 0.3 is 0 Å². The van der Waals surface area contributed by atoms with Gasteiger partial charge in [-0.15, -0.1) is 0 Å². The molecular weight excluding hydrogens is 278 g/mol. The number of ketones is 1. The van der Waals surface area contributed by atoms with E-state index < -0.39 is 10.0 Å². The molecule has 0 aliphatic carbocycles. The van der Waals surface area contributed by atoms with Gasteiger partial charge in [0.25, 0.3) is 10.0 Å². The van der Waals surface area contributed by atoms with Crippen LogP contribution in [0.15, 0.2) is 53.4 Å². The van der Waals surface area contributed by atoms with E-state index in [2.05, 4.69) is 0 Å². The van der Waals surface area contributed by atoms with Crippen molar-refractivity contribution in [3.63, 3.8) is 0 Å². The van der Waals surface area contributed by atoms with Crippen molar-refractivity contribution in [2.24, 2.45) is 5.84 Å². The molecule has 2 aromatic carbocycles. The lowest BCUT2D eigenvalue weighted by molar-refractivity contribution is 0.103. The van der Waals surface area contributed by atoms with Crippen LogP contribution in [0.25, 0.3) is 0 Å². The Labute approximate surface area is 116 Å². The van der Waals surface area contributed by atoms with E-state index in [0.29, 0.717) is 16.8 Å². The number of carbonyl (C=O) groups is 1. The van der Waals surface area contributed by atoms with E-state index in [0.717, 1.165) is 0 Å². The number of benzene rings is 2. The molecule has 0 saturated heterocycles. The summed E-state index contributed by atoms with van der Waals surface area (Å²) in [5.74, 6) is 4.66. The number of carbonyl (C=O) groups excluding carboxylic acids is 1. The number of rotatable bonds is 4. The summed E-state index contributed by atoms with van der Waals surface area (Å²) < 4.78 is 22.9. The van der Waals surface area contributed by atoms with Gasteiger partial charge in [-0.25, -0.2) is 8.42 Å². The van der Waals surface area contributed by atoms with Gasteiger partial charge in [0, 0.05) is 16.8 Å². The van der Waals surface area contributed by atoms with Gasteiger partial charge in [0.15, 0.2) is 5.78 Å². The average molecular weight is 291 g/mol. The second kappa shape index (κ2) is 5.41. The highest BCUT2D eigenvalue weighted by Gasteiger charge is 2.15. The summed E-state index contributed by atoms with van der Waals surface area (Å²) in [5, 5.41) is 0. The topological polar surface area (TPSA) is 115 Å². The molecule has 20 heavy (non-hydrogen) atoms. The summed E-state index contributed by atoms with van der Waals surface area (Å²) in [5.41, 5.74) is 6.83. The Hall–Kier alpha value is -2.22. The number of nitrogens with two attached hydrogens (primary N) is 2. The Balaban J connectivity index is 2.36. The van der Waals surface area contributed by atoms with Crippen molar-refractivity contribution in [2.45, 2.75) is 4.90 Å². The van der Waals surface area contributed by atoms with E-state index in [9.17, 15) is 13.2 Å². The van der Waals surface area contributed by atoms with Crippen LogP contribution < -0.4 is 16.4 Å². The molecule has 0 unspecified atom stereocenters. The lowest BCUT2D eigenvalue weighted by Crippen LogP contribution is -2.30. The molecule has 0 saturated carbocycles. The molecule has 0 fully saturated rings. The molecule has 0 heterocycles. The number of hydrazine groups is 1. The molecule has 0 aliphatic heterocycles. The van der Waals surface area contributed by atoms with Crippen LogP contribution in [0.4, 0.5) is 5.69 Å². The molecule has 0 radical (unpaired) electrons. The van der Waals surface area contributed by atoms with E-state index in [1.807, 2.05) is 0 Å². The molecule has 0 atom stereocenters. The van der Waals surface area contributed by atoms with Gasteiger partial charge in [-0.3, -0.25) is 10.6 Å². The third-order valence-electron chi connectivity index (χ3n) is 2.79. The summed E-state index contributed by atoms with van der Waals surface area (Å²) >= 11 is 0. The standard InChI is InChI=1S/C13H13N3O3S/c14-12-4-2-1-3-11(12)13(17)9-5-7-10(8-6-9)20(18,19)16-15/h1-8,16H,14-15H2. The molecule has 2 rings (SSSR count). The van der Waals surface area contributed by atoms with Gasteiger partial charge in [-0.05, 0) is 36.4 Å². The Morgan fingerprint density at radius 2 is 1.60 bits per heavy atom. The van der Waals surface area contributed by atoms with E-state index in [4.69, 9.17) is 11.6 Å². The number of hydrogen-bond donors (Lipinski definition) is 3. The van der Waals surface area contributed by atoms with Crippen LogP contribution in [0, 0.1) is 0 Å². The molecule has 0 aliphatic rings. The van der Waals surface area contributed by atoms with Crippen molar-refractivity contribution >= 4 is 21.5 Å². The lowest BCUT2D eigenvalue weighted by atomic mass is 10.0. The van der Waals surface area contributed by atoms with Crippen molar-refractivity contribution in [2.75, 3.05) is 5.73 Å². The molecule has 0 spiro atoms. The summed E-state index contributed by atoms with van der Waals surface area (Å²) in [6.07, 6.45) is 0. The predicted molar refractivity (Wildman–Crippen MR) is 75.2 cm³/mol. The summed E-state index contributed by atoms with van der Waals surface area (Å²) in [7, 11) is -3.72. The van der Waals surface area contributed by atoms with Gasteiger partial charge in [0.05, 0.1) is 4.90 Å². The monoisotopic (exact) mass is 291 g/mol. The molecule has 5 N–H and O–H groups in total. The zero-order valence-electron chi connectivity index (χ0n) is 10.4. The quantitative estimate of drug-likeness (QED) is 0.331. The first-order valence-corrected chi connectivity index (χ1v) is 7.15. The summed E-state index contributed by atoms with van der Waals surface area (Å²) in [6, 6.07) is 12.1. The number of para-hydroxylation sites is 1. The highest BCUT2D eigenvalue weighted by atomic mass is 32.2. The second-order valence-electron chi connectivity index (χ2n) is 4.06. The maximum atomic E-state index is 12.2. The van der Waals surface area contributed by atoms with Gasteiger partial charge in [0.2, 0.25) is 0 Å². The zero-order valence-corrected chi connectivity index (χ0v) is 11.2. The van der Waals surface area contributed by atoms with Crippen LogP contribution in [0.2, 0.25) is 0 Å². The number of nitrogens with one attached hydrogen (secondary N) is 1. The molecule has 2 aromatic rings. The van der Waals surface area contributed by atoms with Gasteiger partial charge in [-0.2, -0.15) is 4.83 Å². The van der Waals surface area contributed by atoms with E-state index in [1.54, 1.807) is 29.1 Å². The molecular formula is C13H13N3O3S. The van der Waals surface area contributed by atoms with E-state index in [-0.39, 0.29) is 10.7 Å². The molecule has 104 valence electrons. The number of anilines is 1. The van der Waals surface area contributed by atoms with Crippen LogP contribution in [0.3, 0.4) is 0 Å². The summed E-state index contributed by atoms with van der Waals surface area (Å²) in [6.45, 7) is 0. The van der Waals surface area contributed by atoms with Crippen molar-refractivity contribution in [1.29, 1.82) is 0 Å². The molecule has 6 nitrogen and oxygen atoms in total. The SMILES string of the molecule is NNS(=O)(=O)c1ccc(C(=O)c2ccccc2N)cc1. The largest absolute Gasteiger partial charge is 0.398 e.